The third kappa shape index (κ3) is 7.02. The van der Waals surface area contributed by atoms with Gasteiger partial charge in [-0.25, -0.2) is 14.3 Å². The van der Waals surface area contributed by atoms with Crippen LogP contribution in [-0.2, 0) is 4.74 Å². The molecule has 2 unspecified atom stereocenters. The van der Waals surface area contributed by atoms with Crippen molar-refractivity contribution < 1.29 is 20.8 Å². The Morgan fingerprint density at radius 1 is 1.40 bits per heavy atom. The van der Waals surface area contributed by atoms with E-state index in [0.717, 1.165) is 24.6 Å². The summed E-state index contributed by atoms with van der Waals surface area (Å²) in [5, 5.41) is 16.9. The van der Waals surface area contributed by atoms with Crippen molar-refractivity contribution in [2.75, 3.05) is 24.8 Å². The molecule has 2 atom stereocenters. The average Bonchev–Trinajstić information content (AvgIpc) is 3.25. The number of carbonyl (C=O) groups is 1. The summed E-state index contributed by atoms with van der Waals surface area (Å²) in [6, 6.07) is 0.123. The van der Waals surface area contributed by atoms with Crippen LogP contribution in [0, 0.1) is 5.92 Å². The van der Waals surface area contributed by atoms with Crippen molar-refractivity contribution in [3.63, 3.8) is 0 Å². The Kier molecular flexibility index (Phi) is 8.75. The van der Waals surface area contributed by atoms with Crippen LogP contribution in [0.5, 0.6) is 6.01 Å². The molecule has 12 heteroatoms. The van der Waals surface area contributed by atoms with Crippen LogP contribution in [0.2, 0.25) is 1.41 Å². The molecule has 3 radical (unpaired) electrons. The zero-order valence-electron chi connectivity index (χ0n) is 22.5. The molecule has 3 heterocycles. The number of amides is 1. The molecular formula is C23H37B2N6O4. The van der Waals surface area contributed by atoms with Crippen molar-refractivity contribution in [3.8, 4) is 6.01 Å². The molecule has 3 rings (SSSR count). The number of piperidine rings is 1. The van der Waals surface area contributed by atoms with Gasteiger partial charge in [0.1, 0.15) is 17.8 Å². The maximum Gasteiger partial charge on any atom is 0.410 e. The van der Waals surface area contributed by atoms with E-state index in [2.05, 4.69) is 22.0 Å². The smallest absolute Gasteiger partial charge is 0.410 e. The summed E-state index contributed by atoms with van der Waals surface area (Å²) in [4.78, 5) is 22.9. The minimum atomic E-state index is -0.866. The largest absolute Gasteiger partial charge is 0.459 e. The molecule has 10 nitrogen and oxygen atoms in total. The molecule has 1 aliphatic heterocycles. The first kappa shape index (κ1) is 25.6. The Balaban J connectivity index is 1.84. The molecule has 1 aliphatic rings. The molecule has 0 aliphatic carbocycles. The summed E-state index contributed by atoms with van der Waals surface area (Å²) in [6.07, 6.45) is 4.24. The molecule has 35 heavy (non-hydrogen) atoms. The summed E-state index contributed by atoms with van der Waals surface area (Å²) >= 11 is 0. The van der Waals surface area contributed by atoms with E-state index in [4.69, 9.17) is 18.6 Å². The molecule has 1 saturated heterocycles. The zero-order chi connectivity index (χ0) is 26.5. The molecule has 2 N–H and O–H groups in total. The lowest BCUT2D eigenvalue weighted by Gasteiger charge is -2.35. The number of fused-ring (bicyclic) bond motifs is 1. The van der Waals surface area contributed by atoms with E-state index in [0.29, 0.717) is 37.3 Å². The summed E-state index contributed by atoms with van der Waals surface area (Å²) in [7, 11) is 6.90. The second kappa shape index (κ2) is 12.0. The minimum Gasteiger partial charge on any atom is -0.459 e. The Morgan fingerprint density at radius 2 is 2.11 bits per heavy atom. The van der Waals surface area contributed by atoms with Gasteiger partial charge in [-0.1, -0.05) is 20.3 Å². The van der Waals surface area contributed by atoms with E-state index in [9.17, 15) is 9.90 Å². The fourth-order valence-electron chi connectivity index (χ4n) is 4.14. The van der Waals surface area contributed by atoms with Crippen LogP contribution in [0.25, 0.3) is 5.65 Å². The van der Waals surface area contributed by atoms with Gasteiger partial charge in [-0.15, -0.1) is 5.10 Å². The van der Waals surface area contributed by atoms with Crippen LogP contribution in [0.15, 0.2) is 6.20 Å². The summed E-state index contributed by atoms with van der Waals surface area (Å²) in [6.45, 7) is 10.6. The molecule has 189 valence electrons. The predicted molar refractivity (Wildman–Crippen MR) is 136 cm³/mol. The van der Waals surface area contributed by atoms with Crippen LogP contribution >= 0.6 is 0 Å². The van der Waals surface area contributed by atoms with Gasteiger partial charge in [0, 0.05) is 20.8 Å². The van der Waals surface area contributed by atoms with Crippen LogP contribution in [-0.4, -0.2) is 81.8 Å². The lowest BCUT2D eigenvalue weighted by atomic mass is 9.56. The number of nitrogens with one attached hydrogen (secondary N) is 1. The van der Waals surface area contributed by atoms with Gasteiger partial charge < -0.3 is 24.8 Å². The third-order valence-electron chi connectivity index (χ3n) is 5.98. The lowest BCUT2D eigenvalue weighted by molar-refractivity contribution is 0.00686. The highest BCUT2D eigenvalue weighted by Crippen LogP contribution is 2.32. The first-order valence-corrected chi connectivity index (χ1v) is 12.5. The highest BCUT2D eigenvalue weighted by atomic mass is 16.6. The SMILES string of the molecule is [2H]N(C[B][B])c1nc(OC(CC)CCC)nn2c(C(O)C3CCN(C(=O)OC(C)(C)C)CC3)cnc12. The van der Waals surface area contributed by atoms with Crippen molar-refractivity contribution in [1.29, 1.82) is 0 Å². The molecule has 1 fully saturated rings. The molecule has 1 amide bonds. The normalized spacial score (nSPS) is 17.1. The molecule has 0 aromatic carbocycles. The number of anilines is 1. The molecule has 2 aromatic heterocycles. The van der Waals surface area contributed by atoms with Crippen LogP contribution in [0.1, 0.15) is 78.5 Å². The number of aromatic nitrogens is 4. The number of likely N-dealkylation sites (tertiary alicyclic amines) is 1. The fraction of sp³-hybridized carbons (Fsp3) is 0.739. The van der Waals surface area contributed by atoms with E-state index in [-0.39, 0.29) is 36.4 Å². The number of aliphatic hydroxyl groups excluding tert-OH is 1. The highest BCUT2D eigenvalue weighted by molar-refractivity contribution is 6.89. The Bertz CT molecular complexity index is 1010. The van der Waals surface area contributed by atoms with Crippen molar-refractivity contribution in [3.05, 3.63) is 11.9 Å². The lowest BCUT2D eigenvalue weighted by Crippen LogP contribution is -2.42. The second-order valence-corrected chi connectivity index (χ2v) is 9.90. The van der Waals surface area contributed by atoms with Crippen LogP contribution < -0.4 is 10.0 Å². The minimum absolute atomic E-state index is 0.0605. The monoisotopic (exact) mass is 484 g/mol. The van der Waals surface area contributed by atoms with Crippen LogP contribution in [0.3, 0.4) is 0 Å². The van der Waals surface area contributed by atoms with Gasteiger partial charge in [-0.05, 0) is 58.8 Å². The Labute approximate surface area is 211 Å². The van der Waals surface area contributed by atoms with Crippen molar-refractivity contribution >= 4 is 32.5 Å². The van der Waals surface area contributed by atoms with Crippen LogP contribution in [0.4, 0.5) is 10.6 Å². The van der Waals surface area contributed by atoms with E-state index < -0.39 is 11.7 Å². The summed E-state index contributed by atoms with van der Waals surface area (Å²) in [5.74, 6) is 0.144. The highest BCUT2D eigenvalue weighted by Gasteiger charge is 2.32. The second-order valence-electron chi connectivity index (χ2n) is 9.90. The predicted octanol–water partition coefficient (Wildman–Crippen LogP) is 2.92. The molecule has 0 bridgehead atoms. The first-order chi connectivity index (χ1) is 17.1. The van der Waals surface area contributed by atoms with E-state index >= 15 is 0 Å². The maximum absolute atomic E-state index is 12.4. The molecule has 0 saturated carbocycles. The fourth-order valence-corrected chi connectivity index (χ4v) is 4.14. The number of ether oxygens (including phenoxy) is 2. The van der Waals surface area contributed by atoms with Crippen molar-refractivity contribution in [1.82, 2.24) is 24.5 Å². The van der Waals surface area contributed by atoms with Gasteiger partial charge in [-0.2, -0.15) is 4.98 Å². The average molecular weight is 484 g/mol. The maximum atomic E-state index is 12.4. The van der Waals surface area contributed by atoms with E-state index in [1.807, 2.05) is 27.7 Å². The number of nitrogens with zero attached hydrogens (tertiary/aromatic N) is 5. The number of carbonyl (C=O) groups excluding carboxylic acids is 1. The number of hydrogen-bond acceptors (Lipinski definition) is 8. The van der Waals surface area contributed by atoms with Crippen molar-refractivity contribution in [2.45, 2.75) is 84.5 Å². The zero-order valence-corrected chi connectivity index (χ0v) is 21.5. The number of imidazole rings is 1. The summed E-state index contributed by atoms with van der Waals surface area (Å²) < 4.78 is 21.4. The number of rotatable bonds is 10. The van der Waals surface area contributed by atoms with Gasteiger partial charge in [0.2, 0.25) is 0 Å². The van der Waals surface area contributed by atoms with Gasteiger partial charge in [0.05, 0.1) is 19.1 Å². The van der Waals surface area contributed by atoms with Gasteiger partial charge in [0.15, 0.2) is 12.9 Å². The van der Waals surface area contributed by atoms with Crippen molar-refractivity contribution in [2.24, 2.45) is 5.92 Å². The Morgan fingerprint density at radius 3 is 2.71 bits per heavy atom. The number of hydrogen-bond donors (Lipinski definition) is 2. The molecule has 0 spiro atoms. The number of aliphatic hydroxyl groups is 1. The third-order valence-corrected chi connectivity index (χ3v) is 5.98. The van der Waals surface area contributed by atoms with Gasteiger partial charge in [0.25, 0.3) is 0 Å². The van der Waals surface area contributed by atoms with Gasteiger partial charge in [-0.3, -0.25) is 0 Å². The Hall–Kier alpha value is -2.49. The quantitative estimate of drug-likeness (QED) is 0.495. The van der Waals surface area contributed by atoms with Gasteiger partial charge >= 0.3 is 12.1 Å². The summed E-state index contributed by atoms with van der Waals surface area (Å²) in [5.41, 5.74) is 0.272. The molecular weight excluding hydrogens is 446 g/mol. The first-order valence-electron chi connectivity index (χ1n) is 12.9. The standard InChI is InChI=1S/C23H37B2N6O4/c1-6-8-16(7-2)34-21-28-19(27-14-25-24)20-26-13-17(31(20)29-21)18(32)15-9-11-30(12-10-15)22(33)35-23(3,4)5/h13,15-16,18,32H,6-12,14H2,1-5H3,(H,27,28,29)/i/hD. The molecule has 2 aromatic rings. The topological polar surface area (TPSA) is 114 Å². The van der Waals surface area contributed by atoms with E-state index in [1.165, 1.54) is 11.7 Å². The van der Waals surface area contributed by atoms with E-state index in [1.54, 1.807) is 11.1 Å².